The van der Waals surface area contributed by atoms with Crippen molar-refractivity contribution in [3.63, 3.8) is 0 Å². The topological polar surface area (TPSA) is 29.5 Å². The summed E-state index contributed by atoms with van der Waals surface area (Å²) < 4.78 is 5.46. The van der Waals surface area contributed by atoms with Crippen LogP contribution in [0.2, 0.25) is 0 Å². The number of amides is 1. The Bertz CT molecular complexity index is 475. The predicted octanol–water partition coefficient (Wildman–Crippen LogP) is 2.48. The van der Waals surface area contributed by atoms with Gasteiger partial charge in [-0.1, -0.05) is 15.9 Å². The fourth-order valence-electron chi connectivity index (χ4n) is 2.65. The van der Waals surface area contributed by atoms with Crippen LogP contribution < -0.4 is 4.74 Å². The Hall–Kier alpha value is -1.03. The average Bonchev–Trinajstić information content (AvgIpc) is 3.05. The molecule has 2 heterocycles. The summed E-state index contributed by atoms with van der Waals surface area (Å²) in [5.74, 6) is 1.70. The first-order valence-electron chi connectivity index (χ1n) is 6.39. The molecule has 0 aromatic heterocycles. The lowest BCUT2D eigenvalue weighted by Crippen LogP contribution is -2.28. The Morgan fingerprint density at radius 3 is 3.17 bits per heavy atom. The van der Waals surface area contributed by atoms with Crippen LogP contribution in [0, 0.1) is 5.92 Å². The summed E-state index contributed by atoms with van der Waals surface area (Å²) >= 11 is 3.50. The number of carbonyl (C=O) groups excluding carboxylic acids is 1. The normalized spacial score (nSPS) is 21.8. The summed E-state index contributed by atoms with van der Waals surface area (Å²) in [6, 6.07) is 5.80. The second kappa shape index (κ2) is 4.92. The highest BCUT2D eigenvalue weighted by molar-refractivity contribution is 9.09. The Kier molecular flexibility index (Phi) is 3.29. The van der Waals surface area contributed by atoms with Gasteiger partial charge in [-0.2, -0.15) is 0 Å². The van der Waals surface area contributed by atoms with Crippen molar-refractivity contribution in [3.05, 3.63) is 29.3 Å². The summed E-state index contributed by atoms with van der Waals surface area (Å²) in [7, 11) is 0. The monoisotopic (exact) mass is 309 g/mol. The van der Waals surface area contributed by atoms with E-state index in [0.717, 1.165) is 54.7 Å². The van der Waals surface area contributed by atoms with Crippen molar-refractivity contribution in [3.8, 4) is 5.75 Å². The predicted molar refractivity (Wildman–Crippen MR) is 73.4 cm³/mol. The van der Waals surface area contributed by atoms with Gasteiger partial charge in [0.2, 0.25) is 0 Å². The number of halogens is 1. The molecule has 96 valence electrons. The number of alkyl halides is 1. The highest BCUT2D eigenvalue weighted by Gasteiger charge is 2.26. The molecule has 0 spiro atoms. The Labute approximate surface area is 115 Å². The minimum Gasteiger partial charge on any atom is -0.493 e. The Balaban J connectivity index is 1.77. The lowest BCUT2D eigenvalue weighted by molar-refractivity contribution is 0.0788. The van der Waals surface area contributed by atoms with Crippen molar-refractivity contribution in [1.29, 1.82) is 0 Å². The van der Waals surface area contributed by atoms with Gasteiger partial charge in [-0.15, -0.1) is 0 Å². The lowest BCUT2D eigenvalue weighted by Gasteiger charge is -2.16. The molecule has 4 heteroatoms. The third-order valence-electron chi connectivity index (χ3n) is 3.73. The summed E-state index contributed by atoms with van der Waals surface area (Å²) in [6.45, 7) is 2.49. The summed E-state index contributed by atoms with van der Waals surface area (Å²) in [4.78, 5) is 14.3. The molecule has 1 saturated heterocycles. The van der Waals surface area contributed by atoms with Crippen LogP contribution in [0.15, 0.2) is 18.2 Å². The van der Waals surface area contributed by atoms with Crippen LogP contribution in [0.1, 0.15) is 22.3 Å². The van der Waals surface area contributed by atoms with E-state index in [9.17, 15) is 4.79 Å². The van der Waals surface area contributed by atoms with Gasteiger partial charge in [-0.25, -0.2) is 0 Å². The molecule has 0 radical (unpaired) electrons. The minimum atomic E-state index is 0.160. The van der Waals surface area contributed by atoms with Crippen molar-refractivity contribution < 1.29 is 9.53 Å². The number of hydrogen-bond acceptors (Lipinski definition) is 2. The number of nitrogens with zero attached hydrogens (tertiary/aromatic N) is 1. The van der Waals surface area contributed by atoms with Crippen molar-refractivity contribution >= 4 is 21.8 Å². The van der Waals surface area contributed by atoms with E-state index in [1.165, 1.54) is 0 Å². The molecule has 3 rings (SSSR count). The number of likely N-dealkylation sites (tertiary alicyclic amines) is 1. The highest BCUT2D eigenvalue weighted by Crippen LogP contribution is 2.27. The fourth-order valence-corrected chi connectivity index (χ4v) is 3.17. The lowest BCUT2D eigenvalue weighted by atomic mass is 10.1. The first-order chi connectivity index (χ1) is 8.78. The molecule has 18 heavy (non-hydrogen) atoms. The second-order valence-corrected chi connectivity index (χ2v) is 5.63. The van der Waals surface area contributed by atoms with Crippen LogP contribution in [0.3, 0.4) is 0 Å². The Morgan fingerprint density at radius 1 is 1.50 bits per heavy atom. The smallest absolute Gasteiger partial charge is 0.253 e. The number of fused-ring (bicyclic) bond motifs is 1. The van der Waals surface area contributed by atoms with Gasteiger partial charge in [0.15, 0.2) is 0 Å². The summed E-state index contributed by atoms with van der Waals surface area (Å²) in [5.41, 5.74) is 1.96. The SMILES string of the molecule is O=C(c1ccc2c(c1)CCO2)N1CCC(CBr)C1. The van der Waals surface area contributed by atoms with Crippen LogP contribution in [0.4, 0.5) is 0 Å². The molecular formula is C14H16BrNO2. The first-order valence-corrected chi connectivity index (χ1v) is 7.51. The molecule has 0 N–H and O–H groups in total. The van der Waals surface area contributed by atoms with E-state index in [1.807, 2.05) is 23.1 Å². The van der Waals surface area contributed by atoms with E-state index in [-0.39, 0.29) is 5.91 Å². The van der Waals surface area contributed by atoms with Gasteiger partial charge in [0, 0.05) is 30.4 Å². The van der Waals surface area contributed by atoms with Gasteiger partial charge in [0.05, 0.1) is 6.61 Å². The Morgan fingerprint density at radius 2 is 2.39 bits per heavy atom. The zero-order valence-corrected chi connectivity index (χ0v) is 11.8. The maximum Gasteiger partial charge on any atom is 0.253 e. The number of hydrogen-bond donors (Lipinski definition) is 0. The van der Waals surface area contributed by atoms with Gasteiger partial charge < -0.3 is 9.64 Å². The van der Waals surface area contributed by atoms with E-state index in [0.29, 0.717) is 5.92 Å². The van der Waals surface area contributed by atoms with E-state index < -0.39 is 0 Å². The number of ether oxygens (including phenoxy) is 1. The molecule has 1 atom stereocenters. The molecule has 0 bridgehead atoms. The molecule has 2 aliphatic rings. The minimum absolute atomic E-state index is 0.160. The molecule has 1 aromatic carbocycles. The van der Waals surface area contributed by atoms with Crippen LogP contribution in [0.25, 0.3) is 0 Å². The zero-order chi connectivity index (χ0) is 12.5. The van der Waals surface area contributed by atoms with E-state index in [2.05, 4.69) is 15.9 Å². The molecule has 0 saturated carbocycles. The summed E-state index contributed by atoms with van der Waals surface area (Å²) in [5, 5.41) is 0.981. The van der Waals surface area contributed by atoms with Crippen LogP contribution in [0.5, 0.6) is 5.75 Å². The molecule has 2 aliphatic heterocycles. The van der Waals surface area contributed by atoms with Crippen molar-refractivity contribution in [2.24, 2.45) is 5.92 Å². The van der Waals surface area contributed by atoms with Gasteiger partial charge in [0.25, 0.3) is 5.91 Å². The van der Waals surface area contributed by atoms with Gasteiger partial charge in [-0.05, 0) is 36.1 Å². The number of benzene rings is 1. The summed E-state index contributed by atoms with van der Waals surface area (Å²) in [6.07, 6.45) is 2.02. The quantitative estimate of drug-likeness (QED) is 0.786. The molecule has 1 aromatic rings. The average molecular weight is 310 g/mol. The van der Waals surface area contributed by atoms with Gasteiger partial charge in [0.1, 0.15) is 5.75 Å². The standard InChI is InChI=1S/C14H16BrNO2/c15-8-10-3-5-16(9-10)14(17)12-1-2-13-11(7-12)4-6-18-13/h1-2,7,10H,3-6,8-9H2. The van der Waals surface area contributed by atoms with E-state index in [4.69, 9.17) is 4.74 Å². The van der Waals surface area contributed by atoms with Crippen molar-refractivity contribution in [2.45, 2.75) is 12.8 Å². The molecule has 1 amide bonds. The number of carbonyl (C=O) groups is 1. The van der Waals surface area contributed by atoms with Crippen molar-refractivity contribution in [1.82, 2.24) is 4.90 Å². The van der Waals surface area contributed by atoms with Crippen LogP contribution in [-0.4, -0.2) is 35.8 Å². The van der Waals surface area contributed by atoms with E-state index >= 15 is 0 Å². The third-order valence-corrected chi connectivity index (χ3v) is 4.64. The molecule has 1 unspecified atom stereocenters. The second-order valence-electron chi connectivity index (χ2n) is 4.98. The first kappa shape index (κ1) is 12.0. The van der Waals surface area contributed by atoms with Crippen molar-refractivity contribution in [2.75, 3.05) is 25.0 Å². The zero-order valence-electron chi connectivity index (χ0n) is 10.2. The molecule has 3 nitrogen and oxygen atoms in total. The molecular weight excluding hydrogens is 294 g/mol. The molecule has 0 aliphatic carbocycles. The maximum atomic E-state index is 12.4. The van der Waals surface area contributed by atoms with E-state index in [1.54, 1.807) is 0 Å². The molecule has 1 fully saturated rings. The largest absolute Gasteiger partial charge is 0.493 e. The fraction of sp³-hybridized carbons (Fsp3) is 0.500. The maximum absolute atomic E-state index is 12.4. The van der Waals surface area contributed by atoms with Gasteiger partial charge >= 0.3 is 0 Å². The van der Waals surface area contributed by atoms with Crippen LogP contribution in [-0.2, 0) is 6.42 Å². The third kappa shape index (κ3) is 2.14. The van der Waals surface area contributed by atoms with Crippen LogP contribution >= 0.6 is 15.9 Å². The number of rotatable bonds is 2. The van der Waals surface area contributed by atoms with Gasteiger partial charge in [-0.3, -0.25) is 4.79 Å². The highest BCUT2D eigenvalue weighted by atomic mass is 79.9.